The van der Waals surface area contributed by atoms with Crippen LogP contribution in [0, 0.1) is 3.57 Å². The molecule has 76 valence electrons. The number of hydrogen-bond acceptors (Lipinski definition) is 2. The van der Waals surface area contributed by atoms with Crippen molar-refractivity contribution in [2.45, 2.75) is 0 Å². The van der Waals surface area contributed by atoms with Crippen LogP contribution in [0.3, 0.4) is 0 Å². The highest BCUT2D eigenvalue weighted by molar-refractivity contribution is 14.1. The highest BCUT2D eigenvalue weighted by Gasteiger charge is 1.98. The molecule has 0 bridgehead atoms. The number of halogens is 2. The van der Waals surface area contributed by atoms with Gasteiger partial charge in [0.1, 0.15) is 11.5 Å². The molecule has 0 saturated carbocycles. The zero-order valence-corrected chi connectivity index (χ0v) is 11.4. The fraction of sp³-hybridized carbons (Fsp3) is 0. The van der Waals surface area contributed by atoms with Crippen LogP contribution in [-0.4, -0.2) is 4.98 Å². The number of aromatic nitrogens is 1. The number of nitrogens with zero attached hydrogens (tertiary/aromatic N) is 1. The highest BCUT2D eigenvalue weighted by Crippen LogP contribution is 2.23. The third kappa shape index (κ3) is 3.17. The van der Waals surface area contributed by atoms with E-state index >= 15 is 0 Å². The summed E-state index contributed by atoms with van der Waals surface area (Å²) < 4.78 is 7.71. The maximum atomic E-state index is 5.62. The van der Waals surface area contributed by atoms with Gasteiger partial charge in [0.15, 0.2) is 0 Å². The molecule has 4 heteroatoms. The molecule has 0 fully saturated rings. The molecule has 0 aliphatic heterocycles. The Morgan fingerprint density at radius 2 is 1.80 bits per heavy atom. The standard InChI is InChI=1S/C11H7BrINO/c12-8-5-11(7-14-6-8)15-10-3-1-9(13)2-4-10/h1-7H. The summed E-state index contributed by atoms with van der Waals surface area (Å²) in [7, 11) is 0. The van der Waals surface area contributed by atoms with E-state index in [-0.39, 0.29) is 0 Å². The first-order valence-corrected chi connectivity index (χ1v) is 6.15. The summed E-state index contributed by atoms with van der Waals surface area (Å²) in [6.07, 6.45) is 3.41. The summed E-state index contributed by atoms with van der Waals surface area (Å²) in [5.41, 5.74) is 0. The van der Waals surface area contributed by atoms with Gasteiger partial charge in [-0.05, 0) is 68.9 Å². The number of benzene rings is 1. The minimum absolute atomic E-state index is 0.727. The van der Waals surface area contributed by atoms with Crippen molar-refractivity contribution >= 4 is 38.5 Å². The Hall–Kier alpha value is -0.620. The minimum Gasteiger partial charge on any atom is -0.456 e. The van der Waals surface area contributed by atoms with Crippen molar-refractivity contribution in [2.24, 2.45) is 0 Å². The van der Waals surface area contributed by atoms with Crippen LogP contribution < -0.4 is 4.74 Å². The van der Waals surface area contributed by atoms with E-state index in [2.05, 4.69) is 43.5 Å². The van der Waals surface area contributed by atoms with Crippen LogP contribution in [0.25, 0.3) is 0 Å². The molecule has 1 heterocycles. The lowest BCUT2D eigenvalue weighted by molar-refractivity contribution is 0.480. The van der Waals surface area contributed by atoms with E-state index in [0.717, 1.165) is 16.0 Å². The molecule has 0 unspecified atom stereocenters. The van der Waals surface area contributed by atoms with Crippen molar-refractivity contribution in [2.75, 3.05) is 0 Å². The molecule has 0 aliphatic rings. The average Bonchev–Trinajstić information content (AvgIpc) is 2.22. The topological polar surface area (TPSA) is 22.1 Å². The van der Waals surface area contributed by atoms with Gasteiger partial charge in [0.2, 0.25) is 0 Å². The predicted octanol–water partition coefficient (Wildman–Crippen LogP) is 4.24. The molecule has 0 aliphatic carbocycles. The van der Waals surface area contributed by atoms with E-state index in [1.807, 2.05) is 30.3 Å². The summed E-state index contributed by atoms with van der Waals surface area (Å²) >= 11 is 5.60. The number of hydrogen-bond donors (Lipinski definition) is 0. The summed E-state index contributed by atoms with van der Waals surface area (Å²) in [5, 5.41) is 0. The van der Waals surface area contributed by atoms with Crippen LogP contribution in [0.2, 0.25) is 0 Å². The Balaban J connectivity index is 2.18. The average molecular weight is 376 g/mol. The molecule has 2 nitrogen and oxygen atoms in total. The quantitative estimate of drug-likeness (QED) is 0.732. The first kappa shape index (κ1) is 10.9. The first-order valence-electron chi connectivity index (χ1n) is 4.28. The summed E-state index contributed by atoms with van der Waals surface area (Å²) in [6.45, 7) is 0. The number of rotatable bonds is 2. The van der Waals surface area contributed by atoms with Gasteiger partial charge in [-0.15, -0.1) is 0 Å². The molecule has 0 spiro atoms. The number of pyridine rings is 1. The molecule has 1 aromatic heterocycles. The highest BCUT2D eigenvalue weighted by atomic mass is 127. The van der Waals surface area contributed by atoms with Gasteiger partial charge >= 0.3 is 0 Å². The Bertz CT molecular complexity index is 458. The normalized spacial score (nSPS) is 10.0. The van der Waals surface area contributed by atoms with Crippen LogP contribution in [0.4, 0.5) is 0 Å². The van der Waals surface area contributed by atoms with Crippen LogP contribution in [0.5, 0.6) is 11.5 Å². The van der Waals surface area contributed by atoms with Crippen LogP contribution in [-0.2, 0) is 0 Å². The van der Waals surface area contributed by atoms with Gasteiger partial charge in [0.25, 0.3) is 0 Å². The Labute approximate surface area is 110 Å². The van der Waals surface area contributed by atoms with Crippen LogP contribution in [0.1, 0.15) is 0 Å². The fourth-order valence-corrected chi connectivity index (χ4v) is 1.79. The van der Waals surface area contributed by atoms with Crippen molar-refractivity contribution in [3.63, 3.8) is 0 Å². The van der Waals surface area contributed by atoms with E-state index in [4.69, 9.17) is 4.74 Å². The molecule has 15 heavy (non-hydrogen) atoms. The van der Waals surface area contributed by atoms with E-state index < -0.39 is 0 Å². The lowest BCUT2D eigenvalue weighted by Gasteiger charge is -2.04. The second kappa shape index (κ2) is 4.94. The maximum Gasteiger partial charge on any atom is 0.146 e. The van der Waals surface area contributed by atoms with E-state index in [0.29, 0.717) is 0 Å². The molecule has 1 aromatic carbocycles. The molecule has 2 rings (SSSR count). The molecule has 0 atom stereocenters. The van der Waals surface area contributed by atoms with Gasteiger partial charge in [-0.1, -0.05) is 0 Å². The maximum absolute atomic E-state index is 5.62. The van der Waals surface area contributed by atoms with Crippen molar-refractivity contribution in [3.8, 4) is 11.5 Å². The van der Waals surface area contributed by atoms with Gasteiger partial charge in [0, 0.05) is 14.2 Å². The smallest absolute Gasteiger partial charge is 0.146 e. The largest absolute Gasteiger partial charge is 0.456 e. The molecular weight excluding hydrogens is 369 g/mol. The van der Waals surface area contributed by atoms with Crippen molar-refractivity contribution in [1.29, 1.82) is 0 Å². The third-order valence-electron chi connectivity index (χ3n) is 1.73. The second-order valence-electron chi connectivity index (χ2n) is 2.89. The Morgan fingerprint density at radius 3 is 2.47 bits per heavy atom. The van der Waals surface area contributed by atoms with Crippen molar-refractivity contribution in [1.82, 2.24) is 4.98 Å². The molecular formula is C11H7BrINO. The molecule has 0 saturated heterocycles. The number of ether oxygens (including phenoxy) is 1. The molecule has 0 N–H and O–H groups in total. The lowest BCUT2D eigenvalue weighted by atomic mass is 10.3. The zero-order valence-electron chi connectivity index (χ0n) is 7.65. The van der Waals surface area contributed by atoms with E-state index in [9.17, 15) is 0 Å². The SMILES string of the molecule is Brc1cncc(Oc2ccc(I)cc2)c1. The van der Waals surface area contributed by atoms with Gasteiger partial charge < -0.3 is 4.74 Å². The minimum atomic E-state index is 0.727. The Morgan fingerprint density at radius 1 is 1.07 bits per heavy atom. The zero-order chi connectivity index (χ0) is 10.7. The predicted molar refractivity (Wildman–Crippen MR) is 71.2 cm³/mol. The van der Waals surface area contributed by atoms with Gasteiger partial charge in [-0.25, -0.2) is 0 Å². The summed E-state index contributed by atoms with van der Waals surface area (Å²) in [4.78, 5) is 4.02. The van der Waals surface area contributed by atoms with Gasteiger partial charge in [-0.2, -0.15) is 0 Å². The van der Waals surface area contributed by atoms with E-state index in [1.165, 1.54) is 3.57 Å². The van der Waals surface area contributed by atoms with Crippen molar-refractivity contribution in [3.05, 3.63) is 50.8 Å². The van der Waals surface area contributed by atoms with Crippen LogP contribution in [0.15, 0.2) is 47.2 Å². The monoisotopic (exact) mass is 375 g/mol. The third-order valence-corrected chi connectivity index (χ3v) is 2.88. The first-order chi connectivity index (χ1) is 7.24. The summed E-state index contributed by atoms with van der Waals surface area (Å²) in [5.74, 6) is 1.54. The van der Waals surface area contributed by atoms with Crippen LogP contribution >= 0.6 is 38.5 Å². The molecule has 0 radical (unpaired) electrons. The molecule has 2 aromatic rings. The van der Waals surface area contributed by atoms with Gasteiger partial charge in [0.05, 0.1) is 6.20 Å². The van der Waals surface area contributed by atoms with E-state index in [1.54, 1.807) is 12.4 Å². The van der Waals surface area contributed by atoms with Crippen molar-refractivity contribution < 1.29 is 4.74 Å². The summed E-state index contributed by atoms with van der Waals surface area (Å²) in [6, 6.07) is 9.75. The molecule has 0 amide bonds. The lowest BCUT2D eigenvalue weighted by Crippen LogP contribution is -1.85. The van der Waals surface area contributed by atoms with Gasteiger partial charge in [-0.3, -0.25) is 4.98 Å². The Kier molecular flexibility index (Phi) is 3.58. The second-order valence-corrected chi connectivity index (χ2v) is 5.06. The fourth-order valence-electron chi connectivity index (χ4n) is 1.09.